The number of thioether (sulfide) groups is 1. The standard InChI is InChI=1S/C22H25N5O2S/c1-13-24-20-17(21(28)26-27(20)15-9-10-29-22(2,3)11-15)19(30-13)16-12-23-25-18(16)14-7-5-4-6-8-14/h4-8,12,15,19H,9-11H2,1-3H3,(H,23,25)(H,26,28)/t15-,19+/m0/s1. The fourth-order valence-electron chi connectivity index (χ4n) is 4.44. The second kappa shape index (κ2) is 7.28. The summed E-state index contributed by atoms with van der Waals surface area (Å²) in [6.45, 7) is 6.86. The van der Waals surface area contributed by atoms with Gasteiger partial charge >= 0.3 is 0 Å². The Morgan fingerprint density at radius 2 is 2.07 bits per heavy atom. The number of rotatable bonds is 3. The average Bonchev–Trinajstić information content (AvgIpc) is 3.32. The first-order valence-electron chi connectivity index (χ1n) is 10.2. The molecule has 0 saturated carbocycles. The van der Waals surface area contributed by atoms with Crippen molar-refractivity contribution in [3.63, 3.8) is 0 Å². The van der Waals surface area contributed by atoms with Crippen LogP contribution in [0.1, 0.15) is 56.0 Å². The lowest BCUT2D eigenvalue weighted by Gasteiger charge is -2.36. The van der Waals surface area contributed by atoms with Gasteiger partial charge in [-0.15, -0.1) is 0 Å². The number of aliphatic imine (C=N–C) groups is 1. The quantitative estimate of drug-likeness (QED) is 0.645. The zero-order valence-corrected chi connectivity index (χ0v) is 18.1. The molecule has 30 heavy (non-hydrogen) atoms. The van der Waals surface area contributed by atoms with Crippen LogP contribution in [0.15, 0.2) is 46.3 Å². The summed E-state index contributed by atoms with van der Waals surface area (Å²) < 4.78 is 7.85. The number of hydrogen-bond acceptors (Lipinski definition) is 5. The summed E-state index contributed by atoms with van der Waals surface area (Å²) in [7, 11) is 0. The molecule has 7 nitrogen and oxygen atoms in total. The molecule has 1 fully saturated rings. The zero-order chi connectivity index (χ0) is 20.9. The summed E-state index contributed by atoms with van der Waals surface area (Å²) in [6.07, 6.45) is 3.52. The molecule has 2 aromatic heterocycles. The van der Waals surface area contributed by atoms with Gasteiger partial charge in [-0.2, -0.15) is 5.10 Å². The van der Waals surface area contributed by atoms with Gasteiger partial charge in [0.1, 0.15) is 0 Å². The number of nitrogens with zero attached hydrogens (tertiary/aromatic N) is 3. The molecule has 2 aliphatic rings. The highest BCUT2D eigenvalue weighted by Gasteiger charge is 2.36. The Morgan fingerprint density at radius 1 is 1.27 bits per heavy atom. The van der Waals surface area contributed by atoms with Gasteiger partial charge in [0.25, 0.3) is 5.56 Å². The lowest BCUT2D eigenvalue weighted by Crippen LogP contribution is -2.35. The summed E-state index contributed by atoms with van der Waals surface area (Å²) in [6, 6.07) is 10.2. The molecule has 5 rings (SSSR count). The first kappa shape index (κ1) is 19.4. The number of fused-ring (bicyclic) bond motifs is 1. The van der Waals surface area contributed by atoms with Gasteiger partial charge in [0.05, 0.1) is 39.4 Å². The van der Waals surface area contributed by atoms with E-state index in [0.717, 1.165) is 40.5 Å². The van der Waals surface area contributed by atoms with Crippen molar-refractivity contribution in [2.24, 2.45) is 4.99 Å². The predicted octanol–water partition coefficient (Wildman–Crippen LogP) is 4.58. The molecule has 0 unspecified atom stereocenters. The van der Waals surface area contributed by atoms with Crippen molar-refractivity contribution in [2.45, 2.75) is 50.5 Å². The van der Waals surface area contributed by atoms with Crippen LogP contribution < -0.4 is 5.56 Å². The third-order valence-corrected chi connectivity index (χ3v) is 6.96. The molecular weight excluding hydrogens is 398 g/mol. The molecule has 2 N–H and O–H groups in total. The maximum absolute atomic E-state index is 13.1. The molecule has 3 aromatic rings. The molecule has 8 heteroatoms. The highest BCUT2D eigenvalue weighted by Crippen LogP contribution is 2.47. The lowest BCUT2D eigenvalue weighted by atomic mass is 9.94. The van der Waals surface area contributed by atoms with Crippen molar-refractivity contribution in [1.29, 1.82) is 0 Å². The molecule has 0 spiro atoms. The van der Waals surface area contributed by atoms with Crippen LogP contribution in [0, 0.1) is 0 Å². The van der Waals surface area contributed by atoms with Gasteiger partial charge in [0.2, 0.25) is 0 Å². The molecule has 2 atom stereocenters. The lowest BCUT2D eigenvalue weighted by molar-refractivity contribution is -0.0705. The molecule has 0 bridgehead atoms. The predicted molar refractivity (Wildman–Crippen MR) is 120 cm³/mol. The van der Waals surface area contributed by atoms with E-state index in [1.165, 1.54) is 0 Å². The number of benzene rings is 1. The number of ether oxygens (including phenoxy) is 1. The van der Waals surface area contributed by atoms with Crippen LogP contribution in [-0.4, -0.2) is 37.2 Å². The monoisotopic (exact) mass is 423 g/mol. The number of H-pyrrole nitrogens is 2. The van der Waals surface area contributed by atoms with Gasteiger partial charge < -0.3 is 4.74 Å². The van der Waals surface area contributed by atoms with E-state index in [4.69, 9.17) is 9.73 Å². The summed E-state index contributed by atoms with van der Waals surface area (Å²) in [5, 5.41) is 11.3. The largest absolute Gasteiger partial charge is 0.375 e. The second-order valence-corrected chi connectivity index (χ2v) is 9.80. The van der Waals surface area contributed by atoms with Crippen molar-refractivity contribution in [3.05, 3.63) is 58.0 Å². The molecule has 0 radical (unpaired) electrons. The molecule has 1 saturated heterocycles. The fraction of sp³-hybridized carbons (Fsp3) is 0.409. The fourth-order valence-corrected chi connectivity index (χ4v) is 5.56. The third-order valence-electron chi connectivity index (χ3n) is 5.80. The minimum Gasteiger partial charge on any atom is -0.375 e. The minimum atomic E-state index is -0.219. The van der Waals surface area contributed by atoms with E-state index in [9.17, 15) is 4.79 Å². The Balaban J connectivity index is 1.61. The van der Waals surface area contributed by atoms with Crippen LogP contribution in [0.2, 0.25) is 0 Å². The van der Waals surface area contributed by atoms with Gasteiger partial charge in [-0.05, 0) is 39.2 Å². The van der Waals surface area contributed by atoms with Crippen molar-refractivity contribution < 1.29 is 4.74 Å². The first-order chi connectivity index (χ1) is 14.4. The molecular formula is C22H25N5O2S. The van der Waals surface area contributed by atoms with Crippen LogP contribution in [0.3, 0.4) is 0 Å². The number of nitrogens with one attached hydrogen (secondary N) is 2. The maximum atomic E-state index is 13.1. The smallest absolute Gasteiger partial charge is 0.271 e. The van der Waals surface area contributed by atoms with E-state index in [1.54, 1.807) is 11.8 Å². The Kier molecular flexibility index (Phi) is 4.71. The maximum Gasteiger partial charge on any atom is 0.271 e. The first-order valence-corrected chi connectivity index (χ1v) is 11.1. The van der Waals surface area contributed by atoms with Crippen molar-refractivity contribution >= 4 is 22.6 Å². The molecule has 0 amide bonds. The van der Waals surface area contributed by atoms with Crippen LogP contribution in [0.25, 0.3) is 11.3 Å². The van der Waals surface area contributed by atoms with Crippen LogP contribution in [-0.2, 0) is 4.74 Å². The Labute approximate surface area is 178 Å². The highest BCUT2D eigenvalue weighted by atomic mass is 32.2. The van der Waals surface area contributed by atoms with Gasteiger partial charge in [-0.1, -0.05) is 42.1 Å². The molecule has 156 valence electrons. The normalized spacial score (nSPS) is 23.1. The number of aromatic nitrogens is 4. The van der Waals surface area contributed by atoms with E-state index in [-0.39, 0.29) is 22.5 Å². The Morgan fingerprint density at radius 3 is 2.83 bits per heavy atom. The van der Waals surface area contributed by atoms with E-state index in [0.29, 0.717) is 12.2 Å². The summed E-state index contributed by atoms with van der Waals surface area (Å²) in [5.74, 6) is 0.740. The number of hydrogen-bond donors (Lipinski definition) is 2. The summed E-state index contributed by atoms with van der Waals surface area (Å²) in [5.41, 5.74) is 3.39. The molecule has 2 aliphatic heterocycles. The topological polar surface area (TPSA) is 88.1 Å². The highest BCUT2D eigenvalue weighted by molar-refractivity contribution is 8.14. The number of aromatic amines is 2. The van der Waals surface area contributed by atoms with Gasteiger partial charge in [-0.25, -0.2) is 4.99 Å². The van der Waals surface area contributed by atoms with E-state index in [2.05, 4.69) is 29.1 Å². The summed E-state index contributed by atoms with van der Waals surface area (Å²) in [4.78, 5) is 17.9. The van der Waals surface area contributed by atoms with E-state index < -0.39 is 0 Å². The molecule has 4 heterocycles. The van der Waals surface area contributed by atoms with Gasteiger partial charge in [0, 0.05) is 12.2 Å². The van der Waals surface area contributed by atoms with Crippen molar-refractivity contribution in [1.82, 2.24) is 20.0 Å². The van der Waals surface area contributed by atoms with Crippen molar-refractivity contribution in [3.8, 4) is 11.3 Å². The van der Waals surface area contributed by atoms with E-state index >= 15 is 0 Å². The van der Waals surface area contributed by atoms with Gasteiger partial charge in [-0.3, -0.25) is 19.7 Å². The second-order valence-electron chi connectivity index (χ2n) is 8.50. The van der Waals surface area contributed by atoms with Gasteiger partial charge in [0.15, 0.2) is 5.82 Å². The SMILES string of the molecule is CC1=Nc2c(c(=O)[nH]n2[C@H]2CCOC(C)(C)C2)[C@@H](c2cn[nH]c2-c2ccccc2)S1. The Hall–Kier alpha value is -2.58. The van der Waals surface area contributed by atoms with Crippen LogP contribution in [0.5, 0.6) is 0 Å². The summed E-state index contributed by atoms with van der Waals surface area (Å²) >= 11 is 1.60. The van der Waals surface area contributed by atoms with Crippen LogP contribution in [0.4, 0.5) is 5.82 Å². The molecule has 0 aliphatic carbocycles. The minimum absolute atomic E-state index is 0.0803. The van der Waals surface area contributed by atoms with Crippen molar-refractivity contribution in [2.75, 3.05) is 6.61 Å². The van der Waals surface area contributed by atoms with E-state index in [1.807, 2.05) is 48.1 Å². The zero-order valence-electron chi connectivity index (χ0n) is 17.3. The average molecular weight is 424 g/mol. The molecule has 1 aromatic carbocycles. The van der Waals surface area contributed by atoms with Crippen LogP contribution >= 0.6 is 11.8 Å². The third kappa shape index (κ3) is 3.33. The Bertz CT molecular complexity index is 1160.